The molecule has 0 N–H and O–H groups in total. The molecule has 1 saturated heterocycles. The summed E-state index contributed by atoms with van der Waals surface area (Å²) < 4.78 is 5.82. The average Bonchev–Trinajstić information content (AvgIpc) is 3.11. The first-order valence-electron chi connectivity index (χ1n) is 6.78. The molecule has 1 fully saturated rings. The Labute approximate surface area is 117 Å². The van der Waals surface area contributed by atoms with Crippen LogP contribution in [-0.4, -0.2) is 22.9 Å². The van der Waals surface area contributed by atoms with Crippen LogP contribution in [0.1, 0.15) is 18.6 Å². The topological polar surface area (TPSA) is 59.5 Å². The van der Waals surface area contributed by atoms with Gasteiger partial charge in [0.1, 0.15) is 11.5 Å². The minimum Gasteiger partial charge on any atom is -0.460 e. The molecule has 3 rings (SSSR count). The fourth-order valence-corrected chi connectivity index (χ4v) is 2.53. The first kappa shape index (κ1) is 12.9. The second-order valence-electron chi connectivity index (χ2n) is 5.05. The Morgan fingerprint density at radius 1 is 1.10 bits per heavy atom. The van der Waals surface area contributed by atoms with Gasteiger partial charge in [-0.15, -0.1) is 0 Å². The van der Waals surface area contributed by atoms with Crippen LogP contribution in [0.5, 0.6) is 0 Å². The molecule has 5 heteroatoms. The van der Waals surface area contributed by atoms with Gasteiger partial charge in [0.15, 0.2) is 0 Å². The van der Waals surface area contributed by atoms with Gasteiger partial charge in [-0.3, -0.25) is 15.0 Å². The molecule has 0 saturated carbocycles. The van der Waals surface area contributed by atoms with E-state index >= 15 is 0 Å². The number of hydrogen-bond acceptors (Lipinski definition) is 4. The molecular weight excluding hydrogens is 256 g/mol. The van der Waals surface area contributed by atoms with E-state index in [1.807, 2.05) is 12.1 Å². The molecule has 0 atom stereocenters. The van der Waals surface area contributed by atoms with Crippen LogP contribution >= 0.6 is 0 Å². The minimum absolute atomic E-state index is 0.0950. The van der Waals surface area contributed by atoms with E-state index in [9.17, 15) is 10.1 Å². The molecule has 1 aliphatic heterocycles. The predicted octanol–water partition coefficient (Wildman–Crippen LogP) is 3.45. The van der Waals surface area contributed by atoms with E-state index in [-0.39, 0.29) is 5.69 Å². The number of likely N-dealkylation sites (tertiary alicyclic amines) is 1. The molecule has 1 aliphatic rings. The van der Waals surface area contributed by atoms with E-state index in [1.54, 1.807) is 12.1 Å². The third-order valence-electron chi connectivity index (χ3n) is 3.60. The number of nitrogens with zero attached hydrogens (tertiary/aromatic N) is 2. The number of nitro benzene ring substituents is 1. The van der Waals surface area contributed by atoms with Crippen molar-refractivity contribution < 1.29 is 9.34 Å². The summed E-state index contributed by atoms with van der Waals surface area (Å²) in [6.45, 7) is 3.11. The highest BCUT2D eigenvalue weighted by Crippen LogP contribution is 2.25. The Hall–Kier alpha value is -2.14. The Morgan fingerprint density at radius 3 is 2.45 bits per heavy atom. The van der Waals surface area contributed by atoms with E-state index in [2.05, 4.69) is 4.90 Å². The molecule has 1 aromatic heterocycles. The zero-order valence-corrected chi connectivity index (χ0v) is 11.1. The molecule has 0 bridgehead atoms. The maximum Gasteiger partial charge on any atom is 0.269 e. The lowest BCUT2D eigenvalue weighted by atomic mass is 10.1. The molecule has 0 spiro atoms. The summed E-state index contributed by atoms with van der Waals surface area (Å²) in [7, 11) is 0. The van der Waals surface area contributed by atoms with Gasteiger partial charge in [-0.25, -0.2) is 0 Å². The summed E-state index contributed by atoms with van der Waals surface area (Å²) in [5, 5.41) is 10.6. The average molecular weight is 272 g/mol. The monoisotopic (exact) mass is 272 g/mol. The summed E-state index contributed by atoms with van der Waals surface area (Å²) in [4.78, 5) is 12.6. The fraction of sp³-hybridized carbons (Fsp3) is 0.333. The second-order valence-corrected chi connectivity index (χ2v) is 5.05. The van der Waals surface area contributed by atoms with E-state index in [0.29, 0.717) is 0 Å². The third kappa shape index (κ3) is 2.72. The summed E-state index contributed by atoms with van der Waals surface area (Å²) in [5.41, 5.74) is 0.959. The van der Waals surface area contributed by atoms with Gasteiger partial charge in [0.25, 0.3) is 5.69 Å². The van der Waals surface area contributed by atoms with Gasteiger partial charge >= 0.3 is 0 Å². The summed E-state index contributed by atoms with van der Waals surface area (Å²) in [6, 6.07) is 10.3. The van der Waals surface area contributed by atoms with E-state index in [4.69, 9.17) is 4.42 Å². The SMILES string of the molecule is O=[N+]([O-])c1ccc(-c2ccc(CN3CCCC3)o2)cc1. The summed E-state index contributed by atoms with van der Waals surface area (Å²) in [6.07, 6.45) is 2.52. The Morgan fingerprint density at radius 2 is 1.80 bits per heavy atom. The maximum absolute atomic E-state index is 10.6. The molecule has 104 valence electrons. The number of hydrogen-bond donors (Lipinski definition) is 0. The van der Waals surface area contributed by atoms with E-state index < -0.39 is 4.92 Å². The predicted molar refractivity (Wildman–Crippen MR) is 75.3 cm³/mol. The third-order valence-corrected chi connectivity index (χ3v) is 3.60. The highest BCUT2D eigenvalue weighted by Gasteiger charge is 2.14. The number of rotatable bonds is 4. The van der Waals surface area contributed by atoms with Crippen molar-refractivity contribution in [1.29, 1.82) is 0 Å². The van der Waals surface area contributed by atoms with Crippen molar-refractivity contribution in [3.05, 3.63) is 52.3 Å². The van der Waals surface area contributed by atoms with Crippen LogP contribution in [0.15, 0.2) is 40.8 Å². The van der Waals surface area contributed by atoms with Crippen LogP contribution in [-0.2, 0) is 6.54 Å². The maximum atomic E-state index is 10.6. The fourth-order valence-electron chi connectivity index (χ4n) is 2.53. The molecule has 0 radical (unpaired) electrons. The molecule has 5 nitrogen and oxygen atoms in total. The standard InChI is InChI=1S/C15H16N2O3/c18-17(19)13-5-3-12(4-6-13)15-8-7-14(20-15)11-16-9-1-2-10-16/h3-8H,1-2,9-11H2. The quantitative estimate of drug-likeness (QED) is 0.631. The zero-order valence-electron chi connectivity index (χ0n) is 11.1. The number of benzene rings is 1. The first-order chi connectivity index (χ1) is 9.72. The Balaban J connectivity index is 1.73. The van der Waals surface area contributed by atoms with Crippen LogP contribution in [0.2, 0.25) is 0 Å². The van der Waals surface area contributed by atoms with Crippen LogP contribution in [0.4, 0.5) is 5.69 Å². The molecular formula is C15H16N2O3. The number of non-ortho nitro benzene ring substituents is 1. The molecule has 0 aliphatic carbocycles. The van der Waals surface area contributed by atoms with Gasteiger partial charge in [0, 0.05) is 17.7 Å². The van der Waals surface area contributed by atoms with E-state index in [1.165, 1.54) is 25.0 Å². The zero-order chi connectivity index (χ0) is 13.9. The molecule has 0 unspecified atom stereocenters. The van der Waals surface area contributed by atoms with Crippen molar-refractivity contribution in [3.63, 3.8) is 0 Å². The minimum atomic E-state index is -0.398. The normalized spacial score (nSPS) is 15.6. The van der Waals surface area contributed by atoms with Crippen molar-refractivity contribution >= 4 is 5.69 Å². The number of furan rings is 1. The van der Waals surface area contributed by atoms with Gasteiger partial charge in [-0.1, -0.05) is 0 Å². The van der Waals surface area contributed by atoms with Crippen LogP contribution in [0, 0.1) is 10.1 Å². The lowest BCUT2D eigenvalue weighted by Gasteiger charge is -2.11. The van der Waals surface area contributed by atoms with Crippen LogP contribution in [0.3, 0.4) is 0 Å². The van der Waals surface area contributed by atoms with Crippen LogP contribution < -0.4 is 0 Å². The smallest absolute Gasteiger partial charge is 0.269 e. The van der Waals surface area contributed by atoms with Gasteiger partial charge < -0.3 is 4.42 Å². The number of nitro groups is 1. The lowest BCUT2D eigenvalue weighted by molar-refractivity contribution is -0.384. The highest BCUT2D eigenvalue weighted by atomic mass is 16.6. The lowest BCUT2D eigenvalue weighted by Crippen LogP contribution is -2.17. The Bertz CT molecular complexity index is 598. The Kier molecular flexibility index (Phi) is 3.52. The van der Waals surface area contributed by atoms with Gasteiger partial charge in [0.2, 0.25) is 0 Å². The highest BCUT2D eigenvalue weighted by molar-refractivity contribution is 5.59. The van der Waals surface area contributed by atoms with Gasteiger partial charge in [-0.2, -0.15) is 0 Å². The van der Waals surface area contributed by atoms with Gasteiger partial charge in [0.05, 0.1) is 11.5 Å². The molecule has 1 aromatic carbocycles. The molecule has 2 heterocycles. The van der Waals surface area contributed by atoms with Crippen molar-refractivity contribution in [3.8, 4) is 11.3 Å². The van der Waals surface area contributed by atoms with Crippen molar-refractivity contribution in [1.82, 2.24) is 4.90 Å². The van der Waals surface area contributed by atoms with Crippen molar-refractivity contribution in [2.45, 2.75) is 19.4 Å². The molecule has 20 heavy (non-hydrogen) atoms. The molecule has 2 aromatic rings. The second kappa shape index (κ2) is 5.46. The summed E-state index contributed by atoms with van der Waals surface area (Å²) >= 11 is 0. The van der Waals surface area contributed by atoms with Crippen molar-refractivity contribution in [2.24, 2.45) is 0 Å². The summed E-state index contributed by atoms with van der Waals surface area (Å²) in [5.74, 6) is 1.70. The van der Waals surface area contributed by atoms with E-state index in [0.717, 1.165) is 36.7 Å². The molecule has 0 amide bonds. The first-order valence-corrected chi connectivity index (χ1v) is 6.78. The van der Waals surface area contributed by atoms with Gasteiger partial charge in [-0.05, 0) is 50.2 Å². The van der Waals surface area contributed by atoms with Crippen LogP contribution in [0.25, 0.3) is 11.3 Å². The largest absolute Gasteiger partial charge is 0.460 e. The van der Waals surface area contributed by atoms with Crippen molar-refractivity contribution in [2.75, 3.05) is 13.1 Å².